The van der Waals surface area contributed by atoms with Gasteiger partial charge in [-0.25, -0.2) is 13.1 Å². The highest BCUT2D eigenvalue weighted by molar-refractivity contribution is 7.89. The van der Waals surface area contributed by atoms with Gasteiger partial charge in [-0.05, 0) is 36.4 Å². The summed E-state index contributed by atoms with van der Waals surface area (Å²) in [5.74, 6) is -0.428. The molecule has 0 spiro atoms. The molecule has 0 bridgehead atoms. The molecule has 0 atom stereocenters. The van der Waals surface area contributed by atoms with Gasteiger partial charge in [0.05, 0.1) is 4.90 Å². The Hall–Kier alpha value is -2.46. The fourth-order valence-corrected chi connectivity index (χ4v) is 2.70. The molecule has 1 aromatic heterocycles. The molecule has 24 heavy (non-hydrogen) atoms. The summed E-state index contributed by atoms with van der Waals surface area (Å²) in [6, 6.07) is 7.74. The molecule has 0 unspecified atom stereocenters. The number of anilines is 1. The molecule has 0 aliphatic heterocycles. The Kier molecular flexibility index (Phi) is 5.20. The lowest BCUT2D eigenvalue weighted by molar-refractivity contribution is -0.121. The lowest BCUT2D eigenvalue weighted by Crippen LogP contribution is -2.33. The minimum atomic E-state index is -4.65. The van der Waals surface area contributed by atoms with E-state index in [9.17, 15) is 26.4 Å². The van der Waals surface area contributed by atoms with Crippen molar-refractivity contribution in [3.63, 3.8) is 0 Å². The summed E-state index contributed by atoms with van der Waals surface area (Å²) >= 11 is 0. The van der Waals surface area contributed by atoms with E-state index in [1.165, 1.54) is 41.4 Å². The number of sulfonamides is 1. The van der Waals surface area contributed by atoms with Crippen molar-refractivity contribution in [1.82, 2.24) is 9.71 Å². The number of pyridine rings is 1. The van der Waals surface area contributed by atoms with Crippen LogP contribution in [0.25, 0.3) is 0 Å². The molecule has 10 heteroatoms. The Bertz CT molecular complexity index is 807. The summed E-state index contributed by atoms with van der Waals surface area (Å²) in [5, 5.41) is 2.53. The minimum Gasteiger partial charge on any atom is -0.322 e. The molecule has 1 aromatic carbocycles. The molecule has 1 heterocycles. The van der Waals surface area contributed by atoms with Gasteiger partial charge in [0.1, 0.15) is 6.54 Å². The quantitative estimate of drug-likeness (QED) is 0.856. The summed E-state index contributed by atoms with van der Waals surface area (Å²) in [5.41, 5.74) is 0.653. The maximum Gasteiger partial charge on any atom is 0.402 e. The van der Waals surface area contributed by atoms with Crippen LogP contribution in [-0.4, -0.2) is 32.0 Å². The number of carbonyl (C=O) groups excluding carboxylic acids is 1. The summed E-state index contributed by atoms with van der Waals surface area (Å²) < 4.78 is 61.2. The monoisotopic (exact) mass is 359 g/mol. The number of aromatic nitrogens is 1. The molecular weight excluding hydrogens is 347 g/mol. The van der Waals surface area contributed by atoms with Crippen LogP contribution in [0.1, 0.15) is 10.4 Å². The number of alkyl halides is 3. The number of hydrogen-bond acceptors (Lipinski definition) is 4. The van der Waals surface area contributed by atoms with Crippen LogP contribution >= 0.6 is 0 Å². The first-order valence-corrected chi connectivity index (χ1v) is 8.03. The van der Waals surface area contributed by atoms with Gasteiger partial charge >= 0.3 is 6.18 Å². The van der Waals surface area contributed by atoms with Crippen molar-refractivity contribution in [1.29, 1.82) is 0 Å². The molecule has 6 nitrogen and oxygen atoms in total. The average molecular weight is 359 g/mol. The molecule has 0 fully saturated rings. The van der Waals surface area contributed by atoms with E-state index in [-0.39, 0.29) is 4.90 Å². The topological polar surface area (TPSA) is 88.2 Å². The molecule has 0 aliphatic carbocycles. The van der Waals surface area contributed by atoms with Gasteiger partial charge in [0.25, 0.3) is 5.91 Å². The predicted octanol–water partition coefficient (Wildman–Crippen LogP) is 2.17. The van der Waals surface area contributed by atoms with Gasteiger partial charge in [-0.15, -0.1) is 0 Å². The van der Waals surface area contributed by atoms with Gasteiger partial charge in [0, 0.05) is 23.6 Å². The molecule has 0 aliphatic rings. The standard InChI is InChI=1S/C14H12F3N3O3S/c15-14(16,17)9-19-24(22,23)12-3-1-11(2-4-12)20-13(21)10-5-7-18-8-6-10/h1-8,19H,9H2,(H,20,21). The van der Waals surface area contributed by atoms with Crippen molar-refractivity contribution < 1.29 is 26.4 Å². The van der Waals surface area contributed by atoms with Crippen molar-refractivity contribution in [2.24, 2.45) is 0 Å². The number of rotatable bonds is 5. The zero-order chi connectivity index (χ0) is 17.8. The van der Waals surface area contributed by atoms with E-state index in [1.54, 1.807) is 0 Å². The zero-order valence-electron chi connectivity index (χ0n) is 12.0. The van der Waals surface area contributed by atoms with Gasteiger partial charge in [-0.3, -0.25) is 9.78 Å². The molecule has 2 aromatic rings. The van der Waals surface area contributed by atoms with Gasteiger partial charge in [-0.2, -0.15) is 13.2 Å². The van der Waals surface area contributed by atoms with Crippen LogP contribution in [0.15, 0.2) is 53.7 Å². The Morgan fingerprint density at radius 3 is 2.17 bits per heavy atom. The number of amides is 1. The molecule has 2 N–H and O–H groups in total. The number of benzene rings is 1. The second-order valence-electron chi connectivity index (χ2n) is 4.65. The molecule has 0 saturated carbocycles. The number of nitrogens with zero attached hydrogens (tertiary/aromatic N) is 1. The van der Waals surface area contributed by atoms with Gasteiger partial charge in [0.15, 0.2) is 0 Å². The second kappa shape index (κ2) is 6.97. The van der Waals surface area contributed by atoms with E-state index in [4.69, 9.17) is 0 Å². The minimum absolute atomic E-state index is 0.298. The molecular formula is C14H12F3N3O3S. The predicted molar refractivity (Wildman–Crippen MR) is 79.9 cm³/mol. The van der Waals surface area contributed by atoms with Crippen LogP contribution in [0.4, 0.5) is 18.9 Å². The van der Waals surface area contributed by atoms with Crippen molar-refractivity contribution in [3.8, 4) is 0 Å². The van der Waals surface area contributed by atoms with Crippen LogP contribution in [0.3, 0.4) is 0 Å². The van der Waals surface area contributed by atoms with Crippen molar-refractivity contribution >= 4 is 21.6 Å². The van der Waals surface area contributed by atoms with Crippen molar-refractivity contribution in [2.45, 2.75) is 11.1 Å². The number of nitrogens with one attached hydrogen (secondary N) is 2. The fourth-order valence-electron chi connectivity index (χ4n) is 1.68. The number of carbonyl (C=O) groups is 1. The van der Waals surface area contributed by atoms with Crippen LogP contribution in [-0.2, 0) is 10.0 Å². The second-order valence-corrected chi connectivity index (χ2v) is 6.42. The first-order chi connectivity index (χ1) is 11.2. The summed E-state index contributed by atoms with van der Waals surface area (Å²) in [7, 11) is -4.28. The van der Waals surface area contributed by atoms with E-state index in [1.807, 2.05) is 0 Å². The molecule has 2 rings (SSSR count). The average Bonchev–Trinajstić information content (AvgIpc) is 2.54. The van der Waals surface area contributed by atoms with E-state index in [0.29, 0.717) is 11.3 Å². The van der Waals surface area contributed by atoms with Gasteiger partial charge in [0.2, 0.25) is 10.0 Å². The van der Waals surface area contributed by atoms with Crippen LogP contribution < -0.4 is 10.0 Å². The van der Waals surface area contributed by atoms with E-state index in [0.717, 1.165) is 12.1 Å². The maximum atomic E-state index is 12.1. The first-order valence-electron chi connectivity index (χ1n) is 6.55. The van der Waals surface area contributed by atoms with Gasteiger partial charge < -0.3 is 5.32 Å². The smallest absolute Gasteiger partial charge is 0.322 e. The zero-order valence-corrected chi connectivity index (χ0v) is 12.9. The van der Waals surface area contributed by atoms with Crippen LogP contribution in [0.2, 0.25) is 0 Å². The van der Waals surface area contributed by atoms with Crippen LogP contribution in [0.5, 0.6) is 0 Å². The van der Waals surface area contributed by atoms with E-state index < -0.39 is 28.7 Å². The normalized spacial score (nSPS) is 12.0. The Labute approximate surface area is 135 Å². The van der Waals surface area contributed by atoms with Crippen molar-refractivity contribution in [3.05, 3.63) is 54.4 Å². The first kappa shape index (κ1) is 17.9. The SMILES string of the molecule is O=C(Nc1ccc(S(=O)(=O)NCC(F)(F)F)cc1)c1ccncc1. The highest BCUT2D eigenvalue weighted by atomic mass is 32.2. The summed E-state index contributed by atoms with van der Waals surface area (Å²) in [6.45, 7) is -1.66. The molecule has 0 saturated heterocycles. The third-order valence-corrected chi connectivity index (χ3v) is 4.24. The lowest BCUT2D eigenvalue weighted by Gasteiger charge is -2.10. The third-order valence-electron chi connectivity index (χ3n) is 2.83. The highest BCUT2D eigenvalue weighted by Crippen LogP contribution is 2.17. The van der Waals surface area contributed by atoms with Crippen molar-refractivity contribution in [2.75, 3.05) is 11.9 Å². The van der Waals surface area contributed by atoms with Gasteiger partial charge in [-0.1, -0.05) is 0 Å². The molecule has 1 amide bonds. The third kappa shape index (κ3) is 5.03. The Morgan fingerprint density at radius 1 is 1.04 bits per heavy atom. The van der Waals surface area contributed by atoms with E-state index in [2.05, 4.69) is 10.3 Å². The summed E-state index contributed by atoms with van der Waals surface area (Å²) in [4.78, 5) is 15.3. The number of halogens is 3. The molecule has 0 radical (unpaired) electrons. The largest absolute Gasteiger partial charge is 0.402 e. The Balaban J connectivity index is 2.06. The van der Waals surface area contributed by atoms with Crippen LogP contribution in [0, 0.1) is 0 Å². The lowest BCUT2D eigenvalue weighted by atomic mass is 10.2. The fraction of sp³-hybridized carbons (Fsp3) is 0.143. The maximum absolute atomic E-state index is 12.1. The molecule has 128 valence electrons. The Morgan fingerprint density at radius 2 is 1.62 bits per heavy atom. The number of hydrogen-bond donors (Lipinski definition) is 2. The van der Waals surface area contributed by atoms with E-state index >= 15 is 0 Å². The summed E-state index contributed by atoms with van der Waals surface area (Å²) in [6.07, 6.45) is -1.76. The highest BCUT2D eigenvalue weighted by Gasteiger charge is 2.30.